The van der Waals surface area contributed by atoms with Gasteiger partial charge in [-0.2, -0.15) is 0 Å². The van der Waals surface area contributed by atoms with Crippen LogP contribution < -0.4 is 5.73 Å². The molecule has 4 heteroatoms. The van der Waals surface area contributed by atoms with Crippen LogP contribution in [0.25, 0.3) is 0 Å². The Morgan fingerprint density at radius 3 is 2.68 bits per heavy atom. The predicted molar refractivity (Wildman–Crippen MR) is 73.6 cm³/mol. The van der Waals surface area contributed by atoms with Crippen LogP contribution in [0.4, 0.5) is 0 Å². The minimum Gasteiger partial charge on any atom is -0.468 e. The number of nitrogens with two attached hydrogens (primary N) is 1. The second-order valence-electron chi connectivity index (χ2n) is 6.68. The number of ether oxygens (including phenoxy) is 1. The first-order valence-electron chi connectivity index (χ1n) is 7.76. The van der Waals surface area contributed by atoms with Crippen LogP contribution in [0, 0.1) is 11.8 Å². The number of carbonyl (C=O) groups is 1. The molecule has 1 heterocycles. The molecule has 3 rings (SSSR count). The van der Waals surface area contributed by atoms with E-state index in [9.17, 15) is 4.79 Å². The van der Waals surface area contributed by atoms with Crippen molar-refractivity contribution in [2.45, 2.75) is 56.5 Å². The molecule has 2 N–H and O–H groups in total. The summed E-state index contributed by atoms with van der Waals surface area (Å²) in [6.07, 6.45) is 8.75. The number of esters is 1. The van der Waals surface area contributed by atoms with Gasteiger partial charge >= 0.3 is 5.97 Å². The molecule has 3 fully saturated rings. The Balaban J connectivity index is 1.72. The van der Waals surface area contributed by atoms with Crippen molar-refractivity contribution in [3.63, 3.8) is 0 Å². The lowest BCUT2D eigenvalue weighted by Gasteiger charge is -2.42. The molecule has 1 saturated heterocycles. The third-order valence-electron chi connectivity index (χ3n) is 5.44. The van der Waals surface area contributed by atoms with E-state index in [1.54, 1.807) is 0 Å². The summed E-state index contributed by atoms with van der Waals surface area (Å²) in [5.74, 6) is 0.965. The van der Waals surface area contributed by atoms with E-state index in [0.29, 0.717) is 18.5 Å². The molecule has 0 spiro atoms. The zero-order valence-electron chi connectivity index (χ0n) is 11.9. The summed E-state index contributed by atoms with van der Waals surface area (Å²) in [5, 5.41) is 0. The summed E-state index contributed by atoms with van der Waals surface area (Å²) < 4.78 is 4.98. The number of rotatable bonds is 4. The van der Waals surface area contributed by atoms with Crippen molar-refractivity contribution in [1.29, 1.82) is 0 Å². The normalized spacial score (nSPS) is 34.6. The molecule has 108 valence electrons. The highest BCUT2D eigenvalue weighted by molar-refractivity contribution is 5.81. The van der Waals surface area contributed by atoms with E-state index < -0.39 is 5.54 Å². The van der Waals surface area contributed by atoms with Crippen molar-refractivity contribution in [1.82, 2.24) is 4.90 Å². The summed E-state index contributed by atoms with van der Waals surface area (Å²) in [4.78, 5) is 14.6. The van der Waals surface area contributed by atoms with E-state index >= 15 is 0 Å². The molecule has 0 aromatic rings. The Hall–Kier alpha value is -0.610. The van der Waals surface area contributed by atoms with Gasteiger partial charge in [0.2, 0.25) is 0 Å². The van der Waals surface area contributed by atoms with E-state index in [1.807, 2.05) is 0 Å². The second-order valence-corrected chi connectivity index (χ2v) is 6.68. The average molecular weight is 266 g/mol. The fourth-order valence-electron chi connectivity index (χ4n) is 4.24. The number of nitrogens with zero attached hydrogens (tertiary/aromatic N) is 1. The van der Waals surface area contributed by atoms with Crippen LogP contribution in [0.1, 0.15) is 44.9 Å². The molecule has 1 aliphatic heterocycles. The minimum atomic E-state index is -0.765. The van der Waals surface area contributed by atoms with Crippen LogP contribution in [-0.4, -0.2) is 42.6 Å². The Bertz CT molecular complexity index is 356. The maximum absolute atomic E-state index is 12.1. The topological polar surface area (TPSA) is 55.6 Å². The first-order valence-corrected chi connectivity index (χ1v) is 7.76. The van der Waals surface area contributed by atoms with Gasteiger partial charge in [0.1, 0.15) is 5.54 Å². The summed E-state index contributed by atoms with van der Waals surface area (Å²) in [6, 6.07) is 0.667. The van der Waals surface area contributed by atoms with E-state index in [4.69, 9.17) is 10.5 Å². The first kappa shape index (κ1) is 13.4. The van der Waals surface area contributed by atoms with E-state index in [1.165, 1.54) is 39.2 Å². The van der Waals surface area contributed by atoms with Gasteiger partial charge in [0.25, 0.3) is 0 Å². The molecule has 2 aliphatic carbocycles. The monoisotopic (exact) mass is 266 g/mol. The highest BCUT2D eigenvalue weighted by atomic mass is 16.5. The number of likely N-dealkylation sites (tertiary alicyclic amines) is 1. The number of fused-ring (bicyclic) bond motifs is 1. The third-order valence-corrected chi connectivity index (χ3v) is 5.44. The largest absolute Gasteiger partial charge is 0.468 e. The van der Waals surface area contributed by atoms with E-state index in [0.717, 1.165) is 25.3 Å². The summed E-state index contributed by atoms with van der Waals surface area (Å²) in [6.45, 7) is 1.80. The molecule has 3 aliphatic rings. The molecule has 0 radical (unpaired) electrons. The van der Waals surface area contributed by atoms with Crippen molar-refractivity contribution in [2.24, 2.45) is 17.6 Å². The molecule has 0 amide bonds. The molecule has 19 heavy (non-hydrogen) atoms. The lowest BCUT2D eigenvalue weighted by molar-refractivity contribution is -0.149. The molecule has 3 atom stereocenters. The van der Waals surface area contributed by atoms with Gasteiger partial charge in [-0.3, -0.25) is 9.69 Å². The number of piperidine rings is 1. The predicted octanol–water partition coefficient (Wildman–Crippen LogP) is 1.53. The van der Waals surface area contributed by atoms with Crippen molar-refractivity contribution >= 4 is 5.97 Å². The maximum Gasteiger partial charge on any atom is 0.327 e. The van der Waals surface area contributed by atoms with Gasteiger partial charge in [0, 0.05) is 12.6 Å². The highest BCUT2D eigenvalue weighted by Crippen LogP contribution is 2.42. The highest BCUT2D eigenvalue weighted by Gasteiger charge is 2.51. The zero-order valence-corrected chi connectivity index (χ0v) is 11.9. The summed E-state index contributed by atoms with van der Waals surface area (Å²) >= 11 is 0. The van der Waals surface area contributed by atoms with Crippen molar-refractivity contribution in [2.75, 3.05) is 20.2 Å². The van der Waals surface area contributed by atoms with Gasteiger partial charge in [-0.1, -0.05) is 6.42 Å². The van der Waals surface area contributed by atoms with Crippen molar-refractivity contribution in [3.8, 4) is 0 Å². The van der Waals surface area contributed by atoms with Gasteiger partial charge in [0.05, 0.1) is 7.11 Å². The van der Waals surface area contributed by atoms with Gasteiger partial charge in [-0.05, 0) is 56.9 Å². The summed E-state index contributed by atoms with van der Waals surface area (Å²) in [5.41, 5.74) is 5.69. The van der Waals surface area contributed by atoms with Crippen LogP contribution in [0.5, 0.6) is 0 Å². The van der Waals surface area contributed by atoms with E-state index in [2.05, 4.69) is 4.90 Å². The average Bonchev–Trinajstić information content (AvgIpc) is 3.17. The lowest BCUT2D eigenvalue weighted by Crippen LogP contribution is -2.61. The quantitative estimate of drug-likeness (QED) is 0.784. The van der Waals surface area contributed by atoms with Gasteiger partial charge < -0.3 is 10.5 Å². The molecule has 0 bridgehead atoms. The SMILES string of the molecule is COC(=O)C(N)(CN1CCCC2CCCC21)C1CC1. The molecule has 2 saturated carbocycles. The van der Waals surface area contributed by atoms with Crippen LogP contribution >= 0.6 is 0 Å². The Labute approximate surface area is 115 Å². The third kappa shape index (κ3) is 2.40. The van der Waals surface area contributed by atoms with Crippen LogP contribution in [0.3, 0.4) is 0 Å². The first-order chi connectivity index (χ1) is 9.15. The Morgan fingerprint density at radius 2 is 2.00 bits per heavy atom. The maximum atomic E-state index is 12.1. The van der Waals surface area contributed by atoms with Gasteiger partial charge in [-0.15, -0.1) is 0 Å². The van der Waals surface area contributed by atoms with E-state index in [-0.39, 0.29) is 5.97 Å². The molecule has 3 unspecified atom stereocenters. The fourth-order valence-corrected chi connectivity index (χ4v) is 4.24. The van der Waals surface area contributed by atoms with Gasteiger partial charge in [-0.25, -0.2) is 0 Å². The molecule has 0 aromatic heterocycles. The molecular weight excluding hydrogens is 240 g/mol. The zero-order chi connectivity index (χ0) is 13.5. The molecule has 4 nitrogen and oxygen atoms in total. The number of methoxy groups -OCH3 is 1. The van der Waals surface area contributed by atoms with Crippen LogP contribution in [-0.2, 0) is 9.53 Å². The van der Waals surface area contributed by atoms with Crippen molar-refractivity contribution in [3.05, 3.63) is 0 Å². The van der Waals surface area contributed by atoms with Crippen LogP contribution in [0.2, 0.25) is 0 Å². The standard InChI is InChI=1S/C15H26N2O2/c1-19-14(18)15(16,12-7-8-12)10-17-9-3-5-11-4-2-6-13(11)17/h11-13H,2-10,16H2,1H3. The summed E-state index contributed by atoms with van der Waals surface area (Å²) in [7, 11) is 1.46. The number of carbonyl (C=O) groups excluding carboxylic acids is 1. The minimum absolute atomic E-state index is 0.213. The van der Waals surface area contributed by atoms with Crippen LogP contribution in [0.15, 0.2) is 0 Å². The number of hydrogen-bond donors (Lipinski definition) is 1. The molecular formula is C15H26N2O2. The fraction of sp³-hybridized carbons (Fsp3) is 0.933. The smallest absolute Gasteiger partial charge is 0.327 e. The molecule has 0 aromatic carbocycles. The number of hydrogen-bond acceptors (Lipinski definition) is 4. The van der Waals surface area contributed by atoms with Crippen molar-refractivity contribution < 1.29 is 9.53 Å². The van der Waals surface area contributed by atoms with Gasteiger partial charge in [0.15, 0.2) is 0 Å². The Kier molecular flexibility index (Phi) is 3.56. The second kappa shape index (κ2) is 5.06. The lowest BCUT2D eigenvalue weighted by atomic mass is 9.88. The Morgan fingerprint density at radius 1 is 1.26 bits per heavy atom.